The summed E-state index contributed by atoms with van der Waals surface area (Å²) in [7, 11) is 0. The van der Waals surface area contributed by atoms with Gasteiger partial charge in [-0.1, -0.05) is 29.8 Å². The normalized spacial score (nSPS) is 10.5. The predicted octanol–water partition coefficient (Wildman–Crippen LogP) is 5.91. The Morgan fingerprint density at radius 2 is 1.67 bits per heavy atom. The van der Waals surface area contributed by atoms with E-state index in [0.29, 0.717) is 58.5 Å². The van der Waals surface area contributed by atoms with Crippen molar-refractivity contribution < 1.29 is 19.0 Å². The van der Waals surface area contributed by atoms with Crippen molar-refractivity contribution in [3.05, 3.63) is 52.4 Å². The third-order valence-electron chi connectivity index (χ3n) is 4.05. The molecule has 1 amide bonds. The van der Waals surface area contributed by atoms with Crippen molar-refractivity contribution in [3.8, 4) is 28.5 Å². The van der Waals surface area contributed by atoms with Crippen LogP contribution in [-0.2, 0) is 0 Å². The summed E-state index contributed by atoms with van der Waals surface area (Å²) in [4.78, 5) is 17.4. The van der Waals surface area contributed by atoms with Crippen LogP contribution < -0.4 is 19.5 Å². The fraction of sp³-hybridized carbons (Fsp3) is 0.273. The first-order valence-electron chi connectivity index (χ1n) is 9.65. The number of aromatic nitrogens is 1. The van der Waals surface area contributed by atoms with Gasteiger partial charge in [-0.15, -0.1) is 11.3 Å². The molecule has 1 heterocycles. The van der Waals surface area contributed by atoms with E-state index < -0.39 is 0 Å². The number of nitrogens with zero attached hydrogens (tertiary/aromatic N) is 1. The van der Waals surface area contributed by atoms with Gasteiger partial charge in [-0.3, -0.25) is 10.1 Å². The van der Waals surface area contributed by atoms with Crippen LogP contribution in [0.1, 0.15) is 31.1 Å². The molecule has 0 bridgehead atoms. The second-order valence-electron chi connectivity index (χ2n) is 6.07. The van der Waals surface area contributed by atoms with Crippen molar-refractivity contribution in [1.82, 2.24) is 4.98 Å². The minimum Gasteiger partial charge on any atom is -0.490 e. The van der Waals surface area contributed by atoms with E-state index in [2.05, 4.69) is 10.3 Å². The van der Waals surface area contributed by atoms with Crippen molar-refractivity contribution in [3.63, 3.8) is 0 Å². The number of ether oxygens (including phenoxy) is 3. The lowest BCUT2D eigenvalue weighted by molar-refractivity contribution is 0.102. The van der Waals surface area contributed by atoms with Gasteiger partial charge in [0.2, 0.25) is 5.75 Å². The smallest absolute Gasteiger partial charge is 0.257 e. The zero-order valence-electron chi connectivity index (χ0n) is 17.0. The molecule has 0 fully saturated rings. The number of anilines is 1. The highest BCUT2D eigenvalue weighted by atomic mass is 35.5. The van der Waals surface area contributed by atoms with E-state index in [1.165, 1.54) is 11.3 Å². The average Bonchev–Trinajstić information content (AvgIpc) is 3.19. The first kappa shape index (κ1) is 21.9. The average molecular weight is 447 g/mol. The third kappa shape index (κ3) is 5.04. The quantitative estimate of drug-likeness (QED) is 0.442. The Balaban J connectivity index is 1.87. The van der Waals surface area contributed by atoms with Crippen LogP contribution in [0.5, 0.6) is 17.2 Å². The van der Waals surface area contributed by atoms with E-state index in [0.717, 1.165) is 5.56 Å². The number of nitrogens with one attached hydrogen (secondary N) is 1. The molecule has 0 atom stereocenters. The molecule has 0 unspecified atom stereocenters. The van der Waals surface area contributed by atoms with E-state index in [4.69, 9.17) is 25.8 Å². The van der Waals surface area contributed by atoms with E-state index in [-0.39, 0.29) is 5.91 Å². The molecule has 6 nitrogen and oxygen atoms in total. The first-order valence-corrected chi connectivity index (χ1v) is 10.9. The Kier molecular flexibility index (Phi) is 7.54. The van der Waals surface area contributed by atoms with E-state index in [9.17, 15) is 4.79 Å². The Morgan fingerprint density at radius 1 is 1.03 bits per heavy atom. The zero-order chi connectivity index (χ0) is 21.5. The maximum absolute atomic E-state index is 12.9. The highest BCUT2D eigenvalue weighted by Crippen LogP contribution is 2.39. The van der Waals surface area contributed by atoms with Gasteiger partial charge >= 0.3 is 0 Å². The summed E-state index contributed by atoms with van der Waals surface area (Å²) in [6.07, 6.45) is 0. The highest BCUT2D eigenvalue weighted by Gasteiger charge is 2.19. The number of carbonyl (C=O) groups excluding carboxylic acids is 1. The van der Waals surface area contributed by atoms with Crippen LogP contribution in [0.15, 0.2) is 41.8 Å². The Labute approximate surface area is 184 Å². The third-order valence-corrected chi connectivity index (χ3v) is 5.13. The van der Waals surface area contributed by atoms with Crippen LogP contribution in [0, 0.1) is 0 Å². The van der Waals surface area contributed by atoms with Gasteiger partial charge in [0.15, 0.2) is 16.6 Å². The summed E-state index contributed by atoms with van der Waals surface area (Å²) < 4.78 is 17.0. The zero-order valence-corrected chi connectivity index (χ0v) is 18.6. The van der Waals surface area contributed by atoms with Crippen molar-refractivity contribution in [2.45, 2.75) is 20.8 Å². The molecule has 0 aliphatic rings. The summed E-state index contributed by atoms with van der Waals surface area (Å²) in [5.74, 6) is 1.10. The summed E-state index contributed by atoms with van der Waals surface area (Å²) >= 11 is 7.57. The molecule has 30 heavy (non-hydrogen) atoms. The predicted molar refractivity (Wildman–Crippen MR) is 120 cm³/mol. The second-order valence-corrected chi connectivity index (χ2v) is 7.34. The molecular weight excluding hydrogens is 424 g/mol. The molecule has 1 N–H and O–H groups in total. The van der Waals surface area contributed by atoms with Gasteiger partial charge in [0.05, 0.1) is 25.5 Å². The molecule has 1 aromatic heterocycles. The van der Waals surface area contributed by atoms with Crippen LogP contribution >= 0.6 is 22.9 Å². The number of halogens is 1. The maximum atomic E-state index is 12.9. The molecule has 0 radical (unpaired) electrons. The summed E-state index contributed by atoms with van der Waals surface area (Å²) in [6.45, 7) is 6.94. The van der Waals surface area contributed by atoms with Gasteiger partial charge in [0.1, 0.15) is 0 Å². The first-order chi connectivity index (χ1) is 14.6. The largest absolute Gasteiger partial charge is 0.490 e. The molecule has 158 valence electrons. The SMILES string of the molecule is CCOc1cc(C(=O)Nc2nc(-c3ccccc3Cl)cs2)cc(OCC)c1OCC. The number of thiazole rings is 1. The second kappa shape index (κ2) is 10.3. The molecule has 8 heteroatoms. The van der Waals surface area contributed by atoms with Crippen molar-refractivity contribution in [2.75, 3.05) is 25.1 Å². The number of hydrogen-bond acceptors (Lipinski definition) is 6. The fourth-order valence-electron chi connectivity index (χ4n) is 2.81. The highest BCUT2D eigenvalue weighted by molar-refractivity contribution is 7.14. The molecule has 3 aromatic rings. The molecule has 0 aliphatic carbocycles. The monoisotopic (exact) mass is 446 g/mol. The number of hydrogen-bond donors (Lipinski definition) is 1. The minimum absolute atomic E-state index is 0.319. The summed E-state index contributed by atoms with van der Waals surface area (Å²) in [5.41, 5.74) is 1.91. The lowest BCUT2D eigenvalue weighted by atomic mass is 10.1. The van der Waals surface area contributed by atoms with Gasteiger partial charge in [-0.2, -0.15) is 0 Å². The molecule has 0 saturated carbocycles. The lowest BCUT2D eigenvalue weighted by Gasteiger charge is -2.16. The van der Waals surface area contributed by atoms with E-state index in [1.54, 1.807) is 18.2 Å². The molecule has 2 aromatic carbocycles. The maximum Gasteiger partial charge on any atom is 0.257 e. The van der Waals surface area contributed by atoms with Gasteiger partial charge < -0.3 is 14.2 Å². The minimum atomic E-state index is -0.319. The standard InChI is InChI=1S/C22H23ClN2O4S/c1-4-27-18-11-14(12-19(28-5-2)20(18)29-6-3)21(26)25-22-24-17(13-30-22)15-9-7-8-10-16(15)23/h7-13H,4-6H2,1-3H3,(H,24,25,26). The van der Waals surface area contributed by atoms with Crippen LogP contribution in [0.4, 0.5) is 5.13 Å². The van der Waals surface area contributed by atoms with Gasteiger partial charge in [0.25, 0.3) is 5.91 Å². The van der Waals surface area contributed by atoms with Crippen molar-refractivity contribution in [2.24, 2.45) is 0 Å². The molecule has 0 spiro atoms. The summed E-state index contributed by atoms with van der Waals surface area (Å²) in [5, 5.41) is 5.76. The van der Waals surface area contributed by atoms with E-state index >= 15 is 0 Å². The number of benzene rings is 2. The molecular formula is C22H23ClN2O4S. The van der Waals surface area contributed by atoms with E-state index in [1.807, 2.05) is 44.4 Å². The number of amides is 1. The number of rotatable bonds is 9. The number of carbonyl (C=O) groups is 1. The molecule has 0 aliphatic heterocycles. The fourth-order valence-corrected chi connectivity index (χ4v) is 3.75. The van der Waals surface area contributed by atoms with Crippen LogP contribution in [0.3, 0.4) is 0 Å². The molecule has 3 rings (SSSR count). The van der Waals surface area contributed by atoms with Crippen LogP contribution in [0.2, 0.25) is 5.02 Å². The van der Waals surface area contributed by atoms with Crippen LogP contribution in [0.25, 0.3) is 11.3 Å². The Hall–Kier alpha value is -2.77. The van der Waals surface area contributed by atoms with Crippen molar-refractivity contribution >= 4 is 34.0 Å². The Morgan fingerprint density at radius 3 is 2.27 bits per heavy atom. The topological polar surface area (TPSA) is 69.7 Å². The van der Waals surface area contributed by atoms with Gasteiger partial charge in [-0.05, 0) is 39.0 Å². The summed E-state index contributed by atoms with van der Waals surface area (Å²) in [6, 6.07) is 10.7. The molecule has 0 saturated heterocycles. The van der Waals surface area contributed by atoms with Gasteiger partial charge in [0, 0.05) is 21.5 Å². The van der Waals surface area contributed by atoms with Crippen molar-refractivity contribution in [1.29, 1.82) is 0 Å². The van der Waals surface area contributed by atoms with Gasteiger partial charge in [-0.25, -0.2) is 4.98 Å². The lowest BCUT2D eigenvalue weighted by Crippen LogP contribution is -2.13. The van der Waals surface area contributed by atoms with Crippen LogP contribution in [-0.4, -0.2) is 30.7 Å². The Bertz CT molecular complexity index is 995.